The van der Waals surface area contributed by atoms with Crippen LogP contribution in [0.2, 0.25) is 0 Å². The summed E-state index contributed by atoms with van der Waals surface area (Å²) in [5, 5.41) is 3.44. The Labute approximate surface area is 129 Å². The van der Waals surface area contributed by atoms with Gasteiger partial charge in [0.1, 0.15) is 5.75 Å². The number of rotatable bonds is 8. The molecule has 1 atom stereocenters. The predicted molar refractivity (Wildman–Crippen MR) is 86.8 cm³/mol. The van der Waals surface area contributed by atoms with Gasteiger partial charge in [0, 0.05) is 12.6 Å². The van der Waals surface area contributed by atoms with Crippen LogP contribution in [0.1, 0.15) is 51.6 Å². The van der Waals surface area contributed by atoms with Gasteiger partial charge in [-0.3, -0.25) is 0 Å². The lowest BCUT2D eigenvalue weighted by Gasteiger charge is -2.37. The van der Waals surface area contributed by atoms with Crippen LogP contribution in [0.4, 0.5) is 0 Å². The van der Waals surface area contributed by atoms with Crippen molar-refractivity contribution >= 4 is 0 Å². The fraction of sp³-hybridized carbons (Fsp3) is 0.667. The molecular formula is C18H29NO2. The van der Waals surface area contributed by atoms with Gasteiger partial charge in [-0.1, -0.05) is 12.1 Å². The van der Waals surface area contributed by atoms with Gasteiger partial charge in [-0.25, -0.2) is 0 Å². The summed E-state index contributed by atoms with van der Waals surface area (Å²) in [5.41, 5.74) is 1.34. The molecule has 21 heavy (non-hydrogen) atoms. The molecule has 3 nitrogen and oxygen atoms in total. The van der Waals surface area contributed by atoms with Crippen LogP contribution < -0.4 is 10.1 Å². The maximum Gasteiger partial charge on any atom is 0.119 e. The van der Waals surface area contributed by atoms with E-state index in [-0.39, 0.29) is 6.10 Å². The highest BCUT2D eigenvalue weighted by molar-refractivity contribution is 5.29. The molecule has 0 aliphatic heterocycles. The van der Waals surface area contributed by atoms with Crippen molar-refractivity contribution < 1.29 is 9.47 Å². The Morgan fingerprint density at radius 2 is 1.86 bits per heavy atom. The van der Waals surface area contributed by atoms with Gasteiger partial charge in [0.05, 0.1) is 12.2 Å². The van der Waals surface area contributed by atoms with E-state index in [1.807, 2.05) is 7.05 Å². The number of ether oxygens (including phenoxy) is 2. The maximum atomic E-state index is 5.70. The highest BCUT2D eigenvalue weighted by Crippen LogP contribution is 2.37. The molecule has 1 aromatic carbocycles. The quantitative estimate of drug-likeness (QED) is 0.787. The monoisotopic (exact) mass is 291 g/mol. The van der Waals surface area contributed by atoms with E-state index in [0.29, 0.717) is 12.1 Å². The molecule has 118 valence electrons. The molecule has 0 aromatic heterocycles. The SMILES string of the molecule is CCOC1CC(CC(NC)c2ccc(OC(C)C)cc2)C1. The second kappa shape index (κ2) is 7.81. The summed E-state index contributed by atoms with van der Waals surface area (Å²) in [7, 11) is 2.04. The normalized spacial score (nSPS) is 22.9. The molecule has 1 N–H and O–H groups in total. The van der Waals surface area contributed by atoms with Crippen LogP contribution in [0.15, 0.2) is 24.3 Å². The molecule has 0 bridgehead atoms. The standard InChI is InChI=1S/C18H29NO2/c1-5-20-17-10-14(11-17)12-18(19-4)15-6-8-16(9-7-15)21-13(2)3/h6-9,13-14,17-19H,5,10-12H2,1-4H3. The summed E-state index contributed by atoms with van der Waals surface area (Å²) >= 11 is 0. The molecule has 0 spiro atoms. The van der Waals surface area contributed by atoms with Crippen molar-refractivity contribution in [2.24, 2.45) is 5.92 Å². The molecule has 1 aliphatic carbocycles. The molecule has 1 fully saturated rings. The van der Waals surface area contributed by atoms with Crippen LogP contribution in [0, 0.1) is 5.92 Å². The van der Waals surface area contributed by atoms with Crippen molar-refractivity contribution in [3.63, 3.8) is 0 Å². The molecule has 1 unspecified atom stereocenters. The first-order chi connectivity index (χ1) is 10.1. The largest absolute Gasteiger partial charge is 0.491 e. The van der Waals surface area contributed by atoms with Crippen LogP contribution in [0.3, 0.4) is 0 Å². The Morgan fingerprint density at radius 1 is 1.19 bits per heavy atom. The van der Waals surface area contributed by atoms with E-state index in [0.717, 1.165) is 18.3 Å². The number of benzene rings is 1. The van der Waals surface area contributed by atoms with Crippen molar-refractivity contribution in [1.29, 1.82) is 0 Å². The summed E-state index contributed by atoms with van der Waals surface area (Å²) in [6, 6.07) is 8.92. The predicted octanol–water partition coefficient (Wildman–Crippen LogP) is 3.94. The summed E-state index contributed by atoms with van der Waals surface area (Å²) in [6.07, 6.45) is 4.33. The third-order valence-corrected chi connectivity index (χ3v) is 4.17. The third kappa shape index (κ3) is 4.72. The van der Waals surface area contributed by atoms with Gasteiger partial charge in [0.15, 0.2) is 0 Å². The van der Waals surface area contributed by atoms with Crippen molar-refractivity contribution in [2.45, 2.75) is 58.3 Å². The van der Waals surface area contributed by atoms with Gasteiger partial charge >= 0.3 is 0 Å². The van der Waals surface area contributed by atoms with E-state index in [4.69, 9.17) is 9.47 Å². The molecule has 2 rings (SSSR count). The fourth-order valence-corrected chi connectivity index (χ4v) is 3.04. The van der Waals surface area contributed by atoms with Crippen LogP contribution in [-0.4, -0.2) is 25.9 Å². The minimum atomic E-state index is 0.224. The highest BCUT2D eigenvalue weighted by atomic mass is 16.5. The van der Waals surface area contributed by atoms with Crippen molar-refractivity contribution in [1.82, 2.24) is 5.32 Å². The van der Waals surface area contributed by atoms with E-state index < -0.39 is 0 Å². The Balaban J connectivity index is 1.86. The first-order valence-electron chi connectivity index (χ1n) is 8.17. The van der Waals surface area contributed by atoms with Gasteiger partial charge in [0.25, 0.3) is 0 Å². The van der Waals surface area contributed by atoms with Crippen LogP contribution >= 0.6 is 0 Å². The van der Waals surface area contributed by atoms with Crippen LogP contribution in [-0.2, 0) is 4.74 Å². The summed E-state index contributed by atoms with van der Waals surface area (Å²) in [5.74, 6) is 1.73. The van der Waals surface area contributed by atoms with Crippen molar-refractivity contribution in [2.75, 3.05) is 13.7 Å². The van der Waals surface area contributed by atoms with E-state index in [1.165, 1.54) is 24.8 Å². The van der Waals surface area contributed by atoms with Gasteiger partial charge in [0.2, 0.25) is 0 Å². The van der Waals surface area contributed by atoms with Gasteiger partial charge in [-0.05, 0) is 70.7 Å². The smallest absolute Gasteiger partial charge is 0.119 e. The molecule has 3 heteroatoms. The Bertz CT molecular complexity index is 410. The first-order valence-corrected chi connectivity index (χ1v) is 8.17. The molecule has 1 saturated carbocycles. The Kier molecular flexibility index (Phi) is 6.07. The Hall–Kier alpha value is -1.06. The second-order valence-electron chi connectivity index (χ2n) is 6.23. The summed E-state index contributed by atoms with van der Waals surface area (Å²) < 4.78 is 11.3. The summed E-state index contributed by atoms with van der Waals surface area (Å²) in [6.45, 7) is 7.01. The zero-order valence-electron chi connectivity index (χ0n) is 13.8. The number of hydrogen-bond acceptors (Lipinski definition) is 3. The molecule has 1 aliphatic rings. The highest BCUT2D eigenvalue weighted by Gasteiger charge is 2.31. The lowest BCUT2D eigenvalue weighted by molar-refractivity contribution is -0.0289. The zero-order valence-corrected chi connectivity index (χ0v) is 13.8. The third-order valence-electron chi connectivity index (χ3n) is 4.17. The van der Waals surface area contributed by atoms with Gasteiger partial charge in [-0.2, -0.15) is 0 Å². The van der Waals surface area contributed by atoms with E-state index >= 15 is 0 Å². The molecule has 0 saturated heterocycles. The fourth-order valence-electron chi connectivity index (χ4n) is 3.04. The minimum absolute atomic E-state index is 0.224. The molecule has 0 radical (unpaired) electrons. The van der Waals surface area contributed by atoms with Crippen LogP contribution in [0.25, 0.3) is 0 Å². The molecule has 1 aromatic rings. The average Bonchev–Trinajstić information content (AvgIpc) is 2.42. The number of hydrogen-bond donors (Lipinski definition) is 1. The first kappa shape index (κ1) is 16.3. The molecular weight excluding hydrogens is 262 g/mol. The molecule has 0 heterocycles. The zero-order chi connectivity index (χ0) is 15.2. The summed E-state index contributed by atoms with van der Waals surface area (Å²) in [4.78, 5) is 0. The van der Waals surface area contributed by atoms with E-state index in [2.05, 4.69) is 50.4 Å². The van der Waals surface area contributed by atoms with Crippen molar-refractivity contribution in [3.05, 3.63) is 29.8 Å². The topological polar surface area (TPSA) is 30.5 Å². The van der Waals surface area contributed by atoms with Crippen LogP contribution in [0.5, 0.6) is 5.75 Å². The average molecular weight is 291 g/mol. The lowest BCUT2D eigenvalue weighted by Crippen LogP contribution is -2.34. The van der Waals surface area contributed by atoms with Gasteiger partial charge < -0.3 is 14.8 Å². The van der Waals surface area contributed by atoms with Crippen molar-refractivity contribution in [3.8, 4) is 5.75 Å². The minimum Gasteiger partial charge on any atom is -0.491 e. The Morgan fingerprint density at radius 3 is 2.38 bits per heavy atom. The maximum absolute atomic E-state index is 5.70. The number of nitrogens with one attached hydrogen (secondary N) is 1. The second-order valence-corrected chi connectivity index (χ2v) is 6.23. The lowest BCUT2D eigenvalue weighted by atomic mass is 9.77. The van der Waals surface area contributed by atoms with E-state index in [9.17, 15) is 0 Å². The van der Waals surface area contributed by atoms with Gasteiger partial charge in [-0.15, -0.1) is 0 Å². The van der Waals surface area contributed by atoms with E-state index in [1.54, 1.807) is 0 Å². The molecule has 0 amide bonds.